The van der Waals surface area contributed by atoms with E-state index in [9.17, 15) is 0 Å². The van der Waals surface area contributed by atoms with Crippen LogP contribution in [0.4, 0.5) is 0 Å². The first-order valence-electron chi connectivity index (χ1n) is 6.21. The summed E-state index contributed by atoms with van der Waals surface area (Å²) in [5, 5.41) is 8.82. The molecule has 1 heterocycles. The van der Waals surface area contributed by atoms with Gasteiger partial charge in [0.25, 0.3) is 0 Å². The summed E-state index contributed by atoms with van der Waals surface area (Å²) in [4.78, 5) is 0. The summed E-state index contributed by atoms with van der Waals surface area (Å²) in [6, 6.07) is 8.50. The molecule has 3 heteroatoms. The zero-order valence-corrected chi connectivity index (χ0v) is 12.3. The first kappa shape index (κ1) is 13.6. The second-order valence-electron chi connectivity index (χ2n) is 4.47. The minimum atomic E-state index is 0.390. The summed E-state index contributed by atoms with van der Waals surface area (Å²) in [7, 11) is 0. The summed E-state index contributed by atoms with van der Waals surface area (Å²) in [5.41, 5.74) is 4.07. The van der Waals surface area contributed by atoms with Crippen molar-refractivity contribution >= 4 is 22.9 Å². The lowest BCUT2D eigenvalue weighted by molar-refractivity contribution is 0.519. The Hall–Kier alpha value is -0.830. The minimum Gasteiger partial charge on any atom is -0.306 e. The molecule has 18 heavy (non-hydrogen) atoms. The number of nitrogens with one attached hydrogen (secondary N) is 1. The molecule has 0 saturated heterocycles. The Bertz CT molecular complexity index is 489. The summed E-state index contributed by atoms with van der Waals surface area (Å²) in [6.07, 6.45) is 1.07. The van der Waals surface area contributed by atoms with E-state index >= 15 is 0 Å². The maximum Gasteiger partial charge on any atom is 0.0406 e. The van der Waals surface area contributed by atoms with Crippen LogP contribution >= 0.6 is 22.9 Å². The molecule has 0 fully saturated rings. The third-order valence-corrected chi connectivity index (χ3v) is 4.34. The molecule has 2 rings (SSSR count). The first-order chi connectivity index (χ1) is 8.70. The van der Waals surface area contributed by atoms with Gasteiger partial charge in [-0.15, -0.1) is 0 Å². The standard InChI is InChI=1S/C15H18ClNS/c1-3-15(12-4-6-14(16)7-5-12)17-8-13-10-18-9-11(13)2/h4-7,9-10,15,17H,3,8H2,1-2H3. The smallest absolute Gasteiger partial charge is 0.0406 e. The molecule has 0 aliphatic heterocycles. The van der Waals surface area contributed by atoms with E-state index in [1.54, 1.807) is 11.3 Å². The average Bonchev–Trinajstić information content (AvgIpc) is 2.78. The minimum absolute atomic E-state index is 0.390. The van der Waals surface area contributed by atoms with Crippen LogP contribution in [0, 0.1) is 6.92 Å². The normalized spacial score (nSPS) is 12.6. The predicted octanol–water partition coefficient (Wildman–Crippen LogP) is 4.95. The number of halogens is 1. The van der Waals surface area contributed by atoms with Gasteiger partial charge in [-0.3, -0.25) is 0 Å². The van der Waals surface area contributed by atoms with Crippen LogP contribution in [0.25, 0.3) is 0 Å². The quantitative estimate of drug-likeness (QED) is 0.816. The van der Waals surface area contributed by atoms with Crippen LogP contribution in [0.5, 0.6) is 0 Å². The highest BCUT2D eigenvalue weighted by molar-refractivity contribution is 7.08. The van der Waals surface area contributed by atoms with Gasteiger partial charge in [-0.25, -0.2) is 0 Å². The Morgan fingerprint density at radius 1 is 1.22 bits per heavy atom. The van der Waals surface area contributed by atoms with Crippen molar-refractivity contribution in [3.05, 3.63) is 56.7 Å². The van der Waals surface area contributed by atoms with Gasteiger partial charge in [-0.1, -0.05) is 30.7 Å². The second kappa shape index (κ2) is 6.37. The second-order valence-corrected chi connectivity index (χ2v) is 5.65. The number of hydrogen-bond acceptors (Lipinski definition) is 2. The summed E-state index contributed by atoms with van der Waals surface area (Å²) >= 11 is 7.69. The van der Waals surface area contributed by atoms with Crippen molar-refractivity contribution in [1.29, 1.82) is 0 Å². The van der Waals surface area contributed by atoms with Gasteiger partial charge in [-0.05, 0) is 52.9 Å². The number of thiophene rings is 1. The van der Waals surface area contributed by atoms with Crippen LogP contribution in [-0.2, 0) is 6.54 Å². The van der Waals surface area contributed by atoms with E-state index in [-0.39, 0.29) is 0 Å². The molecule has 0 bridgehead atoms. The van der Waals surface area contributed by atoms with Crippen molar-refractivity contribution in [2.75, 3.05) is 0 Å². The van der Waals surface area contributed by atoms with Crippen molar-refractivity contribution < 1.29 is 0 Å². The Balaban J connectivity index is 2.01. The fourth-order valence-corrected chi connectivity index (χ4v) is 2.98. The van der Waals surface area contributed by atoms with Gasteiger partial charge in [0.05, 0.1) is 0 Å². The molecule has 0 spiro atoms. The van der Waals surface area contributed by atoms with Crippen molar-refractivity contribution in [1.82, 2.24) is 5.32 Å². The zero-order valence-electron chi connectivity index (χ0n) is 10.7. The molecule has 0 aliphatic carbocycles. The number of aryl methyl sites for hydroxylation is 1. The third-order valence-electron chi connectivity index (χ3n) is 3.18. The molecule has 1 unspecified atom stereocenters. The van der Waals surface area contributed by atoms with E-state index < -0.39 is 0 Å². The maximum absolute atomic E-state index is 5.92. The van der Waals surface area contributed by atoms with Crippen LogP contribution in [0.2, 0.25) is 5.02 Å². The molecule has 0 saturated carbocycles. The molecule has 1 aromatic carbocycles. The van der Waals surface area contributed by atoms with Gasteiger partial charge in [0.2, 0.25) is 0 Å². The van der Waals surface area contributed by atoms with E-state index in [0.29, 0.717) is 6.04 Å². The predicted molar refractivity (Wildman–Crippen MR) is 80.4 cm³/mol. The molecule has 0 aliphatic rings. The van der Waals surface area contributed by atoms with Crippen LogP contribution in [0.1, 0.15) is 36.1 Å². The van der Waals surface area contributed by atoms with E-state index in [0.717, 1.165) is 18.0 Å². The highest BCUT2D eigenvalue weighted by atomic mass is 35.5. The van der Waals surface area contributed by atoms with Gasteiger partial charge < -0.3 is 5.32 Å². The topological polar surface area (TPSA) is 12.0 Å². The van der Waals surface area contributed by atoms with Crippen LogP contribution in [0.3, 0.4) is 0 Å². The van der Waals surface area contributed by atoms with Crippen molar-refractivity contribution in [2.24, 2.45) is 0 Å². The molecular weight excluding hydrogens is 262 g/mol. The number of benzene rings is 1. The Kier molecular flexibility index (Phi) is 4.81. The highest BCUT2D eigenvalue weighted by Gasteiger charge is 2.09. The fraction of sp³-hybridized carbons (Fsp3) is 0.333. The van der Waals surface area contributed by atoms with Gasteiger partial charge in [-0.2, -0.15) is 11.3 Å². The van der Waals surface area contributed by atoms with E-state index in [2.05, 4.69) is 42.1 Å². The monoisotopic (exact) mass is 279 g/mol. The van der Waals surface area contributed by atoms with E-state index in [1.807, 2.05) is 12.1 Å². The fourth-order valence-electron chi connectivity index (χ4n) is 1.99. The molecule has 1 aromatic heterocycles. The molecule has 0 radical (unpaired) electrons. The Morgan fingerprint density at radius 2 is 1.94 bits per heavy atom. The van der Waals surface area contributed by atoms with Gasteiger partial charge in [0.1, 0.15) is 0 Å². The van der Waals surface area contributed by atoms with Gasteiger partial charge >= 0.3 is 0 Å². The molecule has 2 aromatic rings. The number of hydrogen-bond donors (Lipinski definition) is 1. The average molecular weight is 280 g/mol. The molecule has 96 valence electrons. The van der Waals surface area contributed by atoms with Crippen molar-refractivity contribution in [3.8, 4) is 0 Å². The van der Waals surface area contributed by atoms with E-state index in [1.165, 1.54) is 16.7 Å². The molecule has 0 amide bonds. The van der Waals surface area contributed by atoms with Crippen molar-refractivity contribution in [3.63, 3.8) is 0 Å². The lowest BCUT2D eigenvalue weighted by Gasteiger charge is -2.17. The van der Waals surface area contributed by atoms with Gasteiger partial charge in [0.15, 0.2) is 0 Å². The summed E-state index contributed by atoms with van der Waals surface area (Å²) < 4.78 is 0. The largest absolute Gasteiger partial charge is 0.306 e. The molecule has 1 nitrogen and oxygen atoms in total. The molecule has 1 atom stereocenters. The molecular formula is C15H18ClNS. The maximum atomic E-state index is 5.92. The van der Waals surface area contributed by atoms with Crippen LogP contribution in [-0.4, -0.2) is 0 Å². The lowest BCUT2D eigenvalue weighted by Crippen LogP contribution is -2.20. The van der Waals surface area contributed by atoms with Crippen molar-refractivity contribution in [2.45, 2.75) is 32.9 Å². The zero-order chi connectivity index (χ0) is 13.0. The first-order valence-corrected chi connectivity index (χ1v) is 7.53. The highest BCUT2D eigenvalue weighted by Crippen LogP contribution is 2.21. The SMILES string of the molecule is CCC(NCc1cscc1C)c1ccc(Cl)cc1. The molecule has 1 N–H and O–H groups in total. The summed E-state index contributed by atoms with van der Waals surface area (Å²) in [5.74, 6) is 0. The van der Waals surface area contributed by atoms with E-state index in [4.69, 9.17) is 11.6 Å². The number of rotatable bonds is 5. The Morgan fingerprint density at radius 3 is 2.50 bits per heavy atom. The Labute approximate surface area is 118 Å². The van der Waals surface area contributed by atoms with Crippen LogP contribution in [0.15, 0.2) is 35.0 Å². The van der Waals surface area contributed by atoms with Crippen LogP contribution < -0.4 is 5.32 Å². The lowest BCUT2D eigenvalue weighted by atomic mass is 10.0. The summed E-state index contributed by atoms with van der Waals surface area (Å²) in [6.45, 7) is 5.29. The third kappa shape index (κ3) is 3.35. The van der Waals surface area contributed by atoms with Gasteiger partial charge in [0, 0.05) is 17.6 Å².